The Morgan fingerprint density at radius 2 is 1.65 bits per heavy atom. The fourth-order valence-electron chi connectivity index (χ4n) is 3.78. The van der Waals surface area contributed by atoms with Crippen molar-refractivity contribution in [3.8, 4) is 5.75 Å². The molecule has 6 heteroatoms. The maximum atomic E-state index is 12.6. The molecule has 0 aliphatic rings. The summed E-state index contributed by atoms with van der Waals surface area (Å²) in [5, 5.41) is 4.71. The van der Waals surface area contributed by atoms with Crippen LogP contribution in [0.2, 0.25) is 0 Å². The molecule has 2 aromatic heterocycles. The van der Waals surface area contributed by atoms with Gasteiger partial charge < -0.3 is 18.9 Å². The van der Waals surface area contributed by atoms with E-state index in [-0.39, 0.29) is 12.3 Å². The van der Waals surface area contributed by atoms with Gasteiger partial charge in [-0.2, -0.15) is 0 Å². The summed E-state index contributed by atoms with van der Waals surface area (Å²) in [6, 6.07) is 11.0. The predicted octanol–water partition coefficient (Wildman–Crippen LogP) is 5.43. The lowest BCUT2D eigenvalue weighted by atomic mass is 10.0. The number of benzene rings is 2. The van der Waals surface area contributed by atoms with Gasteiger partial charge in [0.15, 0.2) is 0 Å². The van der Waals surface area contributed by atoms with Crippen LogP contribution < -0.4 is 15.7 Å². The summed E-state index contributed by atoms with van der Waals surface area (Å²) < 4.78 is 16.7. The van der Waals surface area contributed by atoms with Gasteiger partial charge in [0.2, 0.25) is 5.91 Å². The number of aryl methyl sites for hydroxylation is 3. The normalized spacial score (nSPS) is 11.2. The van der Waals surface area contributed by atoms with Crippen molar-refractivity contribution < 1.29 is 18.4 Å². The largest absolute Gasteiger partial charge is 0.494 e. The number of rotatable bonds is 6. The van der Waals surface area contributed by atoms with Crippen LogP contribution in [0.4, 0.5) is 5.69 Å². The van der Waals surface area contributed by atoms with Gasteiger partial charge in [-0.05, 0) is 75.6 Å². The van der Waals surface area contributed by atoms with Gasteiger partial charge in [0, 0.05) is 34.5 Å². The van der Waals surface area contributed by atoms with Crippen LogP contribution in [0.5, 0.6) is 5.75 Å². The predicted molar refractivity (Wildman–Crippen MR) is 121 cm³/mol. The van der Waals surface area contributed by atoms with Gasteiger partial charge in [-0.1, -0.05) is 0 Å². The van der Waals surface area contributed by atoms with E-state index in [1.54, 1.807) is 18.2 Å². The minimum absolute atomic E-state index is 0.167. The summed E-state index contributed by atoms with van der Waals surface area (Å²) in [6.07, 6.45) is 0.477. The Kier molecular flexibility index (Phi) is 5.55. The van der Waals surface area contributed by atoms with E-state index in [9.17, 15) is 9.59 Å². The molecule has 4 rings (SSSR count). The highest BCUT2D eigenvalue weighted by atomic mass is 16.5. The molecule has 0 saturated heterocycles. The molecule has 0 aliphatic heterocycles. The van der Waals surface area contributed by atoms with E-state index in [1.165, 1.54) is 0 Å². The number of amides is 1. The Morgan fingerprint density at radius 1 is 0.968 bits per heavy atom. The zero-order valence-electron chi connectivity index (χ0n) is 18.1. The van der Waals surface area contributed by atoms with Gasteiger partial charge in [0.05, 0.1) is 6.61 Å². The molecule has 1 N–H and O–H groups in total. The standard InChI is InChI=1S/C25H25NO5/c1-5-29-18-8-6-17(7-9-18)26-24(27)11-10-19-15(3)21-12-20-14(2)16(4)30-22(20)13-23(21)31-25(19)28/h6-9,12-13H,5,10-11H2,1-4H3,(H,26,27). The van der Waals surface area contributed by atoms with E-state index in [0.29, 0.717) is 35.4 Å². The van der Waals surface area contributed by atoms with E-state index < -0.39 is 5.63 Å². The highest BCUT2D eigenvalue weighted by molar-refractivity contribution is 5.97. The number of anilines is 1. The summed E-state index contributed by atoms with van der Waals surface area (Å²) >= 11 is 0. The monoisotopic (exact) mass is 419 g/mol. The fourth-order valence-corrected chi connectivity index (χ4v) is 3.78. The number of hydrogen-bond donors (Lipinski definition) is 1. The van der Waals surface area contributed by atoms with Crippen molar-refractivity contribution in [2.24, 2.45) is 0 Å². The van der Waals surface area contributed by atoms with E-state index in [1.807, 2.05) is 45.9 Å². The average molecular weight is 419 g/mol. The maximum Gasteiger partial charge on any atom is 0.339 e. The van der Waals surface area contributed by atoms with Crippen LogP contribution in [0.15, 0.2) is 50.0 Å². The second-order valence-corrected chi connectivity index (χ2v) is 7.63. The number of hydrogen-bond acceptors (Lipinski definition) is 5. The smallest absolute Gasteiger partial charge is 0.339 e. The lowest BCUT2D eigenvalue weighted by molar-refractivity contribution is -0.116. The summed E-state index contributed by atoms with van der Waals surface area (Å²) in [7, 11) is 0. The topological polar surface area (TPSA) is 81.7 Å². The molecule has 0 spiro atoms. The number of carbonyl (C=O) groups is 1. The lowest BCUT2D eigenvalue weighted by Crippen LogP contribution is -2.16. The zero-order chi connectivity index (χ0) is 22.1. The Morgan fingerprint density at radius 3 is 2.35 bits per heavy atom. The Hall–Kier alpha value is -3.54. The second-order valence-electron chi connectivity index (χ2n) is 7.63. The van der Waals surface area contributed by atoms with Crippen LogP contribution in [-0.4, -0.2) is 12.5 Å². The average Bonchev–Trinajstić information content (AvgIpc) is 3.01. The Bertz CT molecular complexity index is 1330. The molecule has 1 amide bonds. The summed E-state index contributed by atoms with van der Waals surface area (Å²) in [4.78, 5) is 25.0. The van der Waals surface area contributed by atoms with Crippen molar-refractivity contribution in [2.45, 2.75) is 40.5 Å². The van der Waals surface area contributed by atoms with Gasteiger partial charge in [-0.15, -0.1) is 0 Å². The molecular formula is C25H25NO5. The van der Waals surface area contributed by atoms with Crippen LogP contribution >= 0.6 is 0 Å². The van der Waals surface area contributed by atoms with E-state index >= 15 is 0 Å². The fraction of sp³-hybridized carbons (Fsp3) is 0.280. The summed E-state index contributed by atoms with van der Waals surface area (Å²) in [5.74, 6) is 1.43. The van der Waals surface area contributed by atoms with Crippen LogP contribution in [0.3, 0.4) is 0 Å². The third kappa shape index (κ3) is 4.06. The zero-order valence-corrected chi connectivity index (χ0v) is 18.1. The highest BCUT2D eigenvalue weighted by Crippen LogP contribution is 2.31. The summed E-state index contributed by atoms with van der Waals surface area (Å²) in [6.45, 7) is 8.32. The maximum absolute atomic E-state index is 12.6. The van der Waals surface area contributed by atoms with E-state index in [0.717, 1.165) is 33.4 Å². The molecule has 4 aromatic rings. The molecule has 0 bridgehead atoms. The van der Waals surface area contributed by atoms with Crippen molar-refractivity contribution in [1.82, 2.24) is 0 Å². The molecule has 0 atom stereocenters. The second kappa shape index (κ2) is 8.30. The van der Waals surface area contributed by atoms with E-state index in [4.69, 9.17) is 13.6 Å². The van der Waals surface area contributed by atoms with Gasteiger partial charge in [0.1, 0.15) is 22.7 Å². The van der Waals surface area contributed by atoms with Crippen LogP contribution in [0.1, 0.15) is 35.8 Å². The number of nitrogens with one attached hydrogen (secondary N) is 1. The van der Waals surface area contributed by atoms with Crippen LogP contribution in [-0.2, 0) is 11.2 Å². The first-order valence-electron chi connectivity index (χ1n) is 10.4. The number of fused-ring (bicyclic) bond motifs is 2. The molecule has 31 heavy (non-hydrogen) atoms. The molecule has 2 heterocycles. The molecule has 2 aromatic carbocycles. The first-order chi connectivity index (χ1) is 14.9. The molecule has 6 nitrogen and oxygen atoms in total. The number of furan rings is 1. The quantitative estimate of drug-likeness (QED) is 0.421. The molecule has 160 valence electrons. The van der Waals surface area contributed by atoms with Gasteiger partial charge >= 0.3 is 5.63 Å². The van der Waals surface area contributed by atoms with Crippen molar-refractivity contribution in [2.75, 3.05) is 11.9 Å². The summed E-state index contributed by atoms with van der Waals surface area (Å²) in [5.41, 5.74) is 3.88. The lowest BCUT2D eigenvalue weighted by Gasteiger charge is -2.09. The van der Waals surface area contributed by atoms with Crippen LogP contribution in [0.25, 0.3) is 21.9 Å². The van der Waals surface area contributed by atoms with Gasteiger partial charge in [0.25, 0.3) is 0 Å². The molecule has 0 aliphatic carbocycles. The van der Waals surface area contributed by atoms with Gasteiger partial charge in [-0.3, -0.25) is 4.79 Å². The number of ether oxygens (including phenoxy) is 1. The molecule has 0 radical (unpaired) electrons. The molecule has 0 unspecified atom stereocenters. The van der Waals surface area contributed by atoms with Crippen molar-refractivity contribution in [3.05, 3.63) is 69.3 Å². The minimum Gasteiger partial charge on any atom is -0.494 e. The van der Waals surface area contributed by atoms with Crippen molar-refractivity contribution in [1.29, 1.82) is 0 Å². The van der Waals surface area contributed by atoms with Crippen LogP contribution in [0, 0.1) is 20.8 Å². The molecule has 0 fully saturated rings. The van der Waals surface area contributed by atoms with E-state index in [2.05, 4.69) is 5.32 Å². The van der Waals surface area contributed by atoms with Gasteiger partial charge in [-0.25, -0.2) is 4.79 Å². The Balaban J connectivity index is 1.54. The highest BCUT2D eigenvalue weighted by Gasteiger charge is 2.16. The SMILES string of the molecule is CCOc1ccc(NC(=O)CCc2c(C)c3cc4c(C)c(C)oc4cc3oc2=O)cc1. The number of carbonyl (C=O) groups excluding carboxylic acids is 1. The first-order valence-corrected chi connectivity index (χ1v) is 10.4. The van der Waals surface area contributed by atoms with Crippen molar-refractivity contribution >= 4 is 33.5 Å². The third-order valence-electron chi connectivity index (χ3n) is 5.63. The first kappa shape index (κ1) is 20.7. The third-order valence-corrected chi connectivity index (χ3v) is 5.63. The molecule has 0 saturated carbocycles. The Labute approximate surface area is 179 Å². The minimum atomic E-state index is -0.418. The van der Waals surface area contributed by atoms with Crippen molar-refractivity contribution in [3.63, 3.8) is 0 Å². The molecular weight excluding hydrogens is 394 g/mol.